The fraction of sp³-hybridized carbons (Fsp3) is 0.231. The van der Waals surface area contributed by atoms with Crippen LogP contribution in [-0.4, -0.2) is 6.54 Å². The molecule has 1 heterocycles. The molecule has 0 bridgehead atoms. The lowest BCUT2D eigenvalue weighted by molar-refractivity contribution is 0.996. The molecule has 0 atom stereocenters. The van der Waals surface area contributed by atoms with Crippen molar-refractivity contribution in [3.63, 3.8) is 0 Å². The maximum atomic E-state index is 4.39. The van der Waals surface area contributed by atoms with Crippen molar-refractivity contribution in [3.8, 4) is 0 Å². The average molecular weight is 249 g/mol. The molecule has 1 aliphatic heterocycles. The highest BCUT2D eigenvalue weighted by molar-refractivity contribution is 8.03. The third-order valence-corrected chi connectivity index (χ3v) is 3.79. The zero-order valence-corrected chi connectivity index (χ0v) is 11.2. The van der Waals surface area contributed by atoms with E-state index in [2.05, 4.69) is 49.2 Å². The summed E-state index contributed by atoms with van der Waals surface area (Å²) in [5.74, 6) is 0. The van der Waals surface area contributed by atoms with Gasteiger partial charge in [0.2, 0.25) is 0 Å². The molecule has 1 aromatic rings. The molecular weight excluding hydrogens is 234 g/mol. The van der Waals surface area contributed by atoms with E-state index < -0.39 is 0 Å². The van der Waals surface area contributed by atoms with Crippen LogP contribution in [0.15, 0.2) is 51.2 Å². The Kier molecular flexibility index (Phi) is 3.36. The van der Waals surface area contributed by atoms with Crippen LogP contribution in [0.4, 0.5) is 5.69 Å². The van der Waals surface area contributed by atoms with E-state index in [1.807, 2.05) is 13.0 Å². The number of thioether (sulfide) groups is 1. The van der Waals surface area contributed by atoms with Crippen LogP contribution >= 0.6 is 24.4 Å². The van der Waals surface area contributed by atoms with E-state index in [-0.39, 0.29) is 0 Å². The van der Waals surface area contributed by atoms with Gasteiger partial charge < -0.3 is 4.90 Å². The fourth-order valence-corrected chi connectivity index (χ4v) is 3.16. The number of benzene rings is 1. The van der Waals surface area contributed by atoms with Crippen LogP contribution in [0.5, 0.6) is 0 Å². The molecule has 1 aromatic carbocycles. The molecule has 1 nitrogen and oxygen atoms in total. The highest BCUT2D eigenvalue weighted by atomic mass is 32.2. The van der Waals surface area contributed by atoms with Gasteiger partial charge in [-0.05, 0) is 38.1 Å². The fourth-order valence-electron chi connectivity index (χ4n) is 1.73. The Hall–Kier alpha value is -0.800. The zero-order valence-electron chi connectivity index (χ0n) is 9.53. The summed E-state index contributed by atoms with van der Waals surface area (Å²) in [5.41, 5.74) is 2.34. The molecule has 0 saturated heterocycles. The van der Waals surface area contributed by atoms with Crippen molar-refractivity contribution in [2.24, 2.45) is 0 Å². The lowest BCUT2D eigenvalue weighted by Crippen LogP contribution is -2.16. The largest absolute Gasteiger partial charge is 0.335 e. The van der Waals surface area contributed by atoms with E-state index in [1.54, 1.807) is 11.8 Å². The van der Waals surface area contributed by atoms with Crippen LogP contribution in [0.3, 0.4) is 0 Å². The first-order chi connectivity index (χ1) is 7.61. The van der Waals surface area contributed by atoms with Gasteiger partial charge in [0, 0.05) is 16.3 Å². The molecule has 84 valence electrons. The van der Waals surface area contributed by atoms with Crippen molar-refractivity contribution in [2.45, 2.75) is 23.6 Å². The minimum atomic E-state index is 0.969. The number of fused-ring (bicyclic) bond motifs is 1. The summed E-state index contributed by atoms with van der Waals surface area (Å²) < 4.78 is 0. The molecule has 3 heteroatoms. The quantitative estimate of drug-likeness (QED) is 0.777. The maximum Gasteiger partial charge on any atom is 0.0803 e. The van der Waals surface area contributed by atoms with Gasteiger partial charge in [-0.3, -0.25) is 0 Å². The molecule has 0 fully saturated rings. The second-order valence-electron chi connectivity index (χ2n) is 3.83. The van der Waals surface area contributed by atoms with Crippen LogP contribution in [0.25, 0.3) is 0 Å². The topological polar surface area (TPSA) is 3.24 Å². The summed E-state index contributed by atoms with van der Waals surface area (Å²) in [6.45, 7) is 9.09. The lowest BCUT2D eigenvalue weighted by Gasteiger charge is -2.18. The van der Waals surface area contributed by atoms with Gasteiger partial charge in [0.05, 0.1) is 10.7 Å². The van der Waals surface area contributed by atoms with E-state index in [4.69, 9.17) is 0 Å². The summed E-state index contributed by atoms with van der Waals surface area (Å²) in [4.78, 5) is 4.61. The van der Waals surface area contributed by atoms with Gasteiger partial charge in [-0.15, -0.1) is 12.6 Å². The van der Waals surface area contributed by atoms with Gasteiger partial charge in [-0.2, -0.15) is 0 Å². The molecule has 0 radical (unpaired) electrons. The van der Waals surface area contributed by atoms with Crippen molar-refractivity contribution < 1.29 is 0 Å². The minimum Gasteiger partial charge on any atom is -0.335 e. The first-order valence-corrected chi connectivity index (χ1v) is 6.54. The second-order valence-corrected chi connectivity index (χ2v) is 5.41. The molecule has 0 amide bonds. The highest BCUT2D eigenvalue weighted by Crippen LogP contribution is 2.46. The van der Waals surface area contributed by atoms with Crippen LogP contribution in [0.2, 0.25) is 0 Å². The summed E-state index contributed by atoms with van der Waals surface area (Å²) in [6.07, 6.45) is 2.13. The van der Waals surface area contributed by atoms with Gasteiger partial charge in [0.25, 0.3) is 0 Å². The minimum absolute atomic E-state index is 0.969. The number of thiol groups is 1. The Morgan fingerprint density at radius 3 is 2.94 bits per heavy atom. The Morgan fingerprint density at radius 1 is 1.56 bits per heavy atom. The average Bonchev–Trinajstić information content (AvgIpc) is 2.53. The molecule has 0 spiro atoms. The van der Waals surface area contributed by atoms with Crippen molar-refractivity contribution in [1.29, 1.82) is 0 Å². The Bertz CT molecular complexity index is 463. The van der Waals surface area contributed by atoms with E-state index in [1.165, 1.54) is 15.6 Å². The standard InChI is InChI=1S/C13H15NS2/c1-4-14-11-8-10(15)5-6-12(11)16-13(14)7-9(2)3/h5-8,15H,2,4H2,1,3H3/b13-7-. The number of hydrogen-bond acceptors (Lipinski definition) is 3. The van der Waals surface area contributed by atoms with Gasteiger partial charge in [0.1, 0.15) is 0 Å². The van der Waals surface area contributed by atoms with Crippen LogP contribution in [0, 0.1) is 0 Å². The summed E-state index contributed by atoms with van der Waals surface area (Å²) >= 11 is 6.19. The number of hydrogen-bond donors (Lipinski definition) is 1. The highest BCUT2D eigenvalue weighted by Gasteiger charge is 2.23. The smallest absolute Gasteiger partial charge is 0.0803 e. The molecule has 0 unspecified atom stereocenters. The van der Waals surface area contributed by atoms with Gasteiger partial charge in [0.15, 0.2) is 0 Å². The zero-order chi connectivity index (χ0) is 11.7. The first-order valence-electron chi connectivity index (χ1n) is 5.27. The maximum absolute atomic E-state index is 4.39. The Balaban J connectivity index is 2.44. The van der Waals surface area contributed by atoms with E-state index in [9.17, 15) is 0 Å². The third kappa shape index (κ3) is 2.15. The van der Waals surface area contributed by atoms with Gasteiger partial charge in [-0.1, -0.05) is 23.9 Å². The number of nitrogens with zero attached hydrogens (tertiary/aromatic N) is 1. The van der Waals surface area contributed by atoms with Crippen molar-refractivity contribution in [1.82, 2.24) is 0 Å². The summed E-state index contributed by atoms with van der Waals surface area (Å²) in [6, 6.07) is 6.28. The van der Waals surface area contributed by atoms with Crippen molar-refractivity contribution in [3.05, 3.63) is 41.5 Å². The monoisotopic (exact) mass is 249 g/mol. The molecule has 0 saturated carbocycles. The van der Waals surface area contributed by atoms with Crippen LogP contribution in [0.1, 0.15) is 13.8 Å². The number of allylic oxidation sites excluding steroid dienone is 2. The first kappa shape index (κ1) is 11.7. The van der Waals surface area contributed by atoms with E-state index >= 15 is 0 Å². The van der Waals surface area contributed by atoms with Crippen LogP contribution in [-0.2, 0) is 0 Å². The predicted molar refractivity (Wildman–Crippen MR) is 75.5 cm³/mol. The molecule has 16 heavy (non-hydrogen) atoms. The molecular formula is C13H15NS2. The number of anilines is 1. The summed E-state index contributed by atoms with van der Waals surface area (Å²) in [7, 11) is 0. The number of rotatable bonds is 2. The summed E-state index contributed by atoms with van der Waals surface area (Å²) in [5, 5.41) is 1.25. The van der Waals surface area contributed by atoms with Crippen molar-refractivity contribution in [2.75, 3.05) is 11.4 Å². The molecule has 2 rings (SSSR count). The molecule has 0 N–H and O–H groups in total. The SMILES string of the molecule is C=C(C)/C=C1\Sc2ccc(S)cc2N1CC. The lowest BCUT2D eigenvalue weighted by atomic mass is 10.3. The van der Waals surface area contributed by atoms with E-state index in [0.29, 0.717) is 0 Å². The Labute approximate surface area is 107 Å². The normalized spacial score (nSPS) is 16.7. The Morgan fingerprint density at radius 2 is 2.31 bits per heavy atom. The molecule has 0 aliphatic carbocycles. The second kappa shape index (κ2) is 4.60. The van der Waals surface area contributed by atoms with E-state index in [0.717, 1.165) is 17.0 Å². The predicted octanol–water partition coefficient (Wildman–Crippen LogP) is 4.32. The molecule has 0 aromatic heterocycles. The van der Waals surface area contributed by atoms with Crippen LogP contribution < -0.4 is 4.90 Å². The third-order valence-electron chi connectivity index (χ3n) is 2.40. The molecule has 1 aliphatic rings. The van der Waals surface area contributed by atoms with Gasteiger partial charge >= 0.3 is 0 Å². The van der Waals surface area contributed by atoms with Crippen molar-refractivity contribution >= 4 is 30.1 Å². The van der Waals surface area contributed by atoms with Gasteiger partial charge in [-0.25, -0.2) is 0 Å².